The lowest BCUT2D eigenvalue weighted by atomic mass is 10.2. The molecular formula is C22H23F3N6O4. The van der Waals surface area contributed by atoms with Crippen molar-refractivity contribution in [2.24, 2.45) is 7.05 Å². The molecule has 0 radical (unpaired) electrons. The Kier molecular flexibility index (Phi) is 6.52. The number of aromatic nitrogens is 4. The van der Waals surface area contributed by atoms with Gasteiger partial charge in [0.2, 0.25) is 5.95 Å². The first kappa shape index (κ1) is 24.3. The first-order valence-corrected chi connectivity index (χ1v) is 10.7. The summed E-state index contributed by atoms with van der Waals surface area (Å²) in [6.07, 6.45) is -5.00. The summed E-state index contributed by atoms with van der Waals surface area (Å²) in [5.41, 5.74) is -0.326. The number of rotatable bonds is 6. The Labute approximate surface area is 196 Å². The van der Waals surface area contributed by atoms with E-state index in [2.05, 4.69) is 16.9 Å². The Morgan fingerprint density at radius 3 is 2.63 bits per heavy atom. The Bertz CT molecular complexity index is 1380. The van der Waals surface area contributed by atoms with Crippen molar-refractivity contribution in [1.29, 1.82) is 0 Å². The van der Waals surface area contributed by atoms with Crippen molar-refractivity contribution in [3.8, 4) is 0 Å². The molecule has 0 aliphatic carbocycles. The molecule has 1 aliphatic rings. The van der Waals surface area contributed by atoms with E-state index in [0.717, 1.165) is 10.1 Å². The van der Waals surface area contributed by atoms with E-state index in [1.165, 1.54) is 27.2 Å². The van der Waals surface area contributed by atoms with Gasteiger partial charge >= 0.3 is 17.8 Å². The second-order valence-corrected chi connectivity index (χ2v) is 7.96. The van der Waals surface area contributed by atoms with Crippen LogP contribution >= 0.6 is 0 Å². The second kappa shape index (κ2) is 9.41. The van der Waals surface area contributed by atoms with Gasteiger partial charge in [0.25, 0.3) is 5.56 Å². The molecule has 0 spiro atoms. The highest BCUT2D eigenvalue weighted by Gasteiger charge is 2.44. The maximum atomic E-state index is 13.5. The minimum Gasteiger partial charge on any atom is -0.433 e. The second-order valence-electron chi connectivity index (χ2n) is 7.96. The van der Waals surface area contributed by atoms with Crippen molar-refractivity contribution in [2.45, 2.75) is 25.5 Å². The Morgan fingerprint density at radius 2 is 1.97 bits per heavy atom. The van der Waals surface area contributed by atoms with Crippen LogP contribution in [0.15, 0.2) is 52.6 Å². The molecule has 0 bridgehead atoms. The number of piperazine rings is 1. The zero-order valence-corrected chi connectivity index (χ0v) is 18.8. The van der Waals surface area contributed by atoms with E-state index in [1.807, 2.05) is 6.07 Å². The van der Waals surface area contributed by atoms with Gasteiger partial charge < -0.3 is 19.5 Å². The van der Waals surface area contributed by atoms with E-state index >= 15 is 0 Å². The molecule has 13 heteroatoms. The van der Waals surface area contributed by atoms with Gasteiger partial charge in [-0.25, -0.2) is 9.59 Å². The summed E-state index contributed by atoms with van der Waals surface area (Å²) >= 11 is 0. The van der Waals surface area contributed by atoms with Crippen LogP contribution in [0.1, 0.15) is 5.56 Å². The van der Waals surface area contributed by atoms with Gasteiger partial charge in [-0.3, -0.25) is 13.9 Å². The predicted molar refractivity (Wildman–Crippen MR) is 121 cm³/mol. The molecule has 186 valence electrons. The topological polar surface area (TPSA) is 103 Å². The fraction of sp³-hybridized carbons (Fsp3) is 0.364. The SMILES string of the molecule is C=CCn1c(N2CCNCC2OC(=O)C(F)(F)F)nc2c1c(=O)n(Cc1ccccc1)c(=O)n2C. The number of halogens is 3. The van der Waals surface area contributed by atoms with Crippen LogP contribution in [0.25, 0.3) is 11.2 Å². The van der Waals surface area contributed by atoms with Crippen molar-refractivity contribution in [1.82, 2.24) is 24.0 Å². The molecule has 1 aromatic carbocycles. The lowest BCUT2D eigenvalue weighted by Crippen LogP contribution is -2.55. The summed E-state index contributed by atoms with van der Waals surface area (Å²) < 4.78 is 47.0. The Balaban J connectivity index is 1.86. The monoisotopic (exact) mass is 492 g/mol. The van der Waals surface area contributed by atoms with Crippen LogP contribution in [-0.4, -0.2) is 56.7 Å². The first-order valence-electron chi connectivity index (χ1n) is 10.7. The van der Waals surface area contributed by atoms with E-state index in [9.17, 15) is 27.6 Å². The molecule has 0 saturated carbocycles. The van der Waals surface area contributed by atoms with E-state index in [0.29, 0.717) is 6.54 Å². The highest BCUT2D eigenvalue weighted by atomic mass is 19.4. The number of alkyl halides is 3. The number of hydrogen-bond acceptors (Lipinski definition) is 7. The summed E-state index contributed by atoms with van der Waals surface area (Å²) in [6.45, 7) is 4.22. The van der Waals surface area contributed by atoms with Crippen molar-refractivity contribution < 1.29 is 22.7 Å². The molecule has 3 aromatic rings. The first-order chi connectivity index (χ1) is 16.6. The summed E-state index contributed by atoms with van der Waals surface area (Å²) in [6, 6.07) is 8.95. The van der Waals surface area contributed by atoms with Gasteiger partial charge in [0.1, 0.15) is 0 Å². The standard InChI is InChI=1S/C22H23F3N6O4/c1-3-10-30-16-17(28(2)21(34)31(18(16)32)13-14-7-5-4-6-8-14)27-20(30)29-11-9-26-12-15(29)35-19(33)22(23,24)25/h3-8,15,26H,1,9-13H2,2H3. The molecule has 3 heterocycles. The average Bonchev–Trinajstić information content (AvgIpc) is 3.20. The molecule has 1 N–H and O–H groups in total. The third kappa shape index (κ3) is 4.58. The fourth-order valence-corrected chi connectivity index (χ4v) is 3.99. The number of allylic oxidation sites excluding steroid dienone is 1. The molecule has 1 aliphatic heterocycles. The molecule has 1 unspecified atom stereocenters. The number of hydrogen-bond donors (Lipinski definition) is 1. The van der Waals surface area contributed by atoms with Gasteiger partial charge in [0.15, 0.2) is 17.4 Å². The van der Waals surface area contributed by atoms with Crippen molar-refractivity contribution in [2.75, 3.05) is 24.5 Å². The van der Waals surface area contributed by atoms with Crippen LogP contribution in [0.3, 0.4) is 0 Å². The van der Waals surface area contributed by atoms with Crippen LogP contribution in [-0.2, 0) is 29.7 Å². The number of anilines is 1. The number of esters is 1. The summed E-state index contributed by atoms with van der Waals surface area (Å²) in [5.74, 6) is -2.24. The number of carbonyl (C=O) groups excluding carboxylic acids is 1. The van der Waals surface area contributed by atoms with Gasteiger partial charge in [-0.2, -0.15) is 18.2 Å². The van der Waals surface area contributed by atoms with Gasteiger partial charge in [0.05, 0.1) is 13.1 Å². The average molecular weight is 492 g/mol. The van der Waals surface area contributed by atoms with Gasteiger partial charge in [-0.05, 0) is 5.56 Å². The molecule has 0 amide bonds. The summed E-state index contributed by atoms with van der Waals surface area (Å²) in [7, 11) is 1.46. The molecule has 2 aromatic heterocycles. The van der Waals surface area contributed by atoms with Crippen molar-refractivity contribution in [3.05, 3.63) is 69.4 Å². The summed E-state index contributed by atoms with van der Waals surface area (Å²) in [4.78, 5) is 43.8. The minimum atomic E-state index is -5.17. The number of carbonyl (C=O) groups is 1. The van der Waals surface area contributed by atoms with Crippen LogP contribution in [0, 0.1) is 0 Å². The fourth-order valence-electron chi connectivity index (χ4n) is 3.99. The molecule has 1 atom stereocenters. The number of fused-ring (bicyclic) bond motifs is 1. The van der Waals surface area contributed by atoms with Crippen LogP contribution in [0.5, 0.6) is 0 Å². The quantitative estimate of drug-likeness (QED) is 0.404. The maximum Gasteiger partial charge on any atom is 0.491 e. The van der Waals surface area contributed by atoms with Crippen LogP contribution < -0.4 is 21.5 Å². The minimum absolute atomic E-state index is 0.0242. The maximum absolute atomic E-state index is 13.5. The third-order valence-corrected chi connectivity index (χ3v) is 5.63. The largest absolute Gasteiger partial charge is 0.491 e. The zero-order valence-electron chi connectivity index (χ0n) is 18.8. The van der Waals surface area contributed by atoms with Gasteiger partial charge in [-0.1, -0.05) is 36.4 Å². The number of nitrogens with zero attached hydrogens (tertiary/aromatic N) is 5. The van der Waals surface area contributed by atoms with Crippen molar-refractivity contribution >= 4 is 23.1 Å². The van der Waals surface area contributed by atoms with E-state index in [1.54, 1.807) is 24.3 Å². The van der Waals surface area contributed by atoms with E-state index < -0.39 is 29.6 Å². The third-order valence-electron chi connectivity index (χ3n) is 5.63. The number of benzene rings is 1. The molecule has 1 fully saturated rings. The highest BCUT2D eigenvalue weighted by Crippen LogP contribution is 2.25. The number of aryl methyl sites for hydroxylation is 1. The highest BCUT2D eigenvalue weighted by molar-refractivity contribution is 5.77. The molecule has 10 nitrogen and oxygen atoms in total. The van der Waals surface area contributed by atoms with Crippen LogP contribution in [0.2, 0.25) is 0 Å². The Morgan fingerprint density at radius 1 is 1.26 bits per heavy atom. The van der Waals surface area contributed by atoms with Gasteiger partial charge in [0, 0.05) is 26.7 Å². The molecular weight excluding hydrogens is 469 g/mol. The molecule has 1 saturated heterocycles. The normalized spacial score (nSPS) is 16.5. The van der Waals surface area contributed by atoms with Crippen molar-refractivity contribution in [3.63, 3.8) is 0 Å². The number of nitrogens with one attached hydrogen (secondary N) is 1. The molecule has 4 rings (SSSR count). The van der Waals surface area contributed by atoms with Crippen LogP contribution in [0.4, 0.5) is 19.1 Å². The lowest BCUT2D eigenvalue weighted by molar-refractivity contribution is -0.205. The predicted octanol–water partition coefficient (Wildman–Crippen LogP) is 0.972. The number of ether oxygens (including phenoxy) is 1. The van der Waals surface area contributed by atoms with E-state index in [4.69, 9.17) is 4.74 Å². The number of imidazole rings is 1. The van der Waals surface area contributed by atoms with Gasteiger partial charge in [-0.15, -0.1) is 6.58 Å². The van der Waals surface area contributed by atoms with E-state index in [-0.39, 0.29) is 43.3 Å². The zero-order chi connectivity index (χ0) is 25.3. The smallest absolute Gasteiger partial charge is 0.433 e. The lowest BCUT2D eigenvalue weighted by Gasteiger charge is -2.36. The summed E-state index contributed by atoms with van der Waals surface area (Å²) in [5, 5.41) is 2.88. The Hall–Kier alpha value is -3.87. The molecule has 35 heavy (non-hydrogen) atoms.